The van der Waals surface area contributed by atoms with Gasteiger partial charge in [0.15, 0.2) is 0 Å². The number of amides is 1. The number of methoxy groups -OCH3 is 1. The van der Waals surface area contributed by atoms with Crippen LogP contribution in [0.2, 0.25) is 5.02 Å². The van der Waals surface area contributed by atoms with Crippen molar-refractivity contribution in [3.8, 4) is 16.9 Å². The van der Waals surface area contributed by atoms with Gasteiger partial charge in [-0.15, -0.1) is 0 Å². The van der Waals surface area contributed by atoms with Crippen molar-refractivity contribution in [1.29, 1.82) is 0 Å². The second kappa shape index (κ2) is 12.4. The molecule has 3 aromatic carbocycles. The Morgan fingerprint density at radius 2 is 1.76 bits per heavy atom. The number of benzene rings is 3. The van der Waals surface area contributed by atoms with Crippen LogP contribution in [0.4, 0.5) is 5.69 Å². The summed E-state index contributed by atoms with van der Waals surface area (Å²) >= 11 is 8.74. The molecular weight excluding hydrogens is 597 g/mol. The third-order valence-electron chi connectivity index (χ3n) is 6.18. The molecule has 0 aliphatic carbocycles. The molecule has 6 heteroatoms. The van der Waals surface area contributed by atoms with Gasteiger partial charge in [0.2, 0.25) is 5.91 Å². The standard InChI is InChI=1S/C31H35ClINO3/c1-20(2)18-34(30(36)31(3,4)5)27-17-23(14-15-28(27)37-6)24(19-35)16-21-10-12-22(13-11-21)29-25(32)8-7-9-26(29)33/h7-15,17,19-20,24H,16,18H2,1-6H3. The number of aldehydes is 1. The molecular formula is C31H35ClINO3. The van der Waals surface area contributed by atoms with Crippen molar-refractivity contribution < 1.29 is 14.3 Å². The van der Waals surface area contributed by atoms with Crippen LogP contribution in [0.15, 0.2) is 60.7 Å². The van der Waals surface area contributed by atoms with E-state index >= 15 is 0 Å². The molecule has 3 aromatic rings. The lowest BCUT2D eigenvalue weighted by molar-refractivity contribution is -0.125. The Hall–Kier alpha value is -2.38. The molecule has 0 aliphatic rings. The van der Waals surface area contributed by atoms with Crippen LogP contribution in [0.3, 0.4) is 0 Å². The molecule has 1 atom stereocenters. The van der Waals surface area contributed by atoms with Gasteiger partial charge in [0.25, 0.3) is 0 Å². The average Bonchev–Trinajstić information content (AvgIpc) is 2.85. The van der Waals surface area contributed by atoms with E-state index < -0.39 is 5.41 Å². The molecule has 0 fully saturated rings. The summed E-state index contributed by atoms with van der Waals surface area (Å²) in [4.78, 5) is 27.5. The highest BCUT2D eigenvalue weighted by Crippen LogP contribution is 2.36. The summed E-state index contributed by atoms with van der Waals surface area (Å²) in [6.07, 6.45) is 1.53. The second-order valence-corrected chi connectivity index (χ2v) is 12.3. The molecule has 0 radical (unpaired) electrons. The molecule has 0 spiro atoms. The fourth-order valence-corrected chi connectivity index (χ4v) is 5.54. The first-order valence-corrected chi connectivity index (χ1v) is 13.9. The SMILES string of the molecule is COc1ccc(C(C=O)Cc2ccc(-c3c(Cl)cccc3I)cc2)cc1N(CC(C)C)C(=O)C(C)(C)C. The molecule has 0 N–H and O–H groups in total. The number of nitrogens with zero attached hydrogens (tertiary/aromatic N) is 1. The van der Waals surface area contributed by atoms with Gasteiger partial charge in [-0.25, -0.2) is 0 Å². The topological polar surface area (TPSA) is 46.6 Å². The molecule has 0 saturated heterocycles. The number of hydrogen-bond donors (Lipinski definition) is 0. The lowest BCUT2D eigenvalue weighted by Gasteiger charge is -2.32. The summed E-state index contributed by atoms with van der Waals surface area (Å²) < 4.78 is 6.73. The molecule has 1 amide bonds. The zero-order valence-electron chi connectivity index (χ0n) is 22.3. The van der Waals surface area contributed by atoms with Crippen molar-refractivity contribution in [1.82, 2.24) is 0 Å². The Morgan fingerprint density at radius 3 is 2.30 bits per heavy atom. The molecule has 196 valence electrons. The van der Waals surface area contributed by atoms with E-state index in [0.717, 1.165) is 32.1 Å². The number of ether oxygens (including phenoxy) is 1. The molecule has 0 bridgehead atoms. The van der Waals surface area contributed by atoms with Gasteiger partial charge in [-0.3, -0.25) is 4.79 Å². The molecule has 0 saturated carbocycles. The number of rotatable bonds is 9. The smallest absolute Gasteiger partial charge is 0.232 e. The summed E-state index contributed by atoms with van der Waals surface area (Å²) in [5.41, 5.74) is 4.09. The highest BCUT2D eigenvalue weighted by molar-refractivity contribution is 14.1. The first kappa shape index (κ1) is 29.2. The van der Waals surface area contributed by atoms with E-state index in [-0.39, 0.29) is 17.7 Å². The fraction of sp³-hybridized carbons (Fsp3) is 0.355. The van der Waals surface area contributed by atoms with Crippen molar-refractivity contribution in [3.05, 3.63) is 80.4 Å². The maximum Gasteiger partial charge on any atom is 0.232 e. The summed E-state index contributed by atoms with van der Waals surface area (Å²) in [5, 5.41) is 0.715. The third-order valence-corrected chi connectivity index (χ3v) is 7.40. The lowest BCUT2D eigenvalue weighted by Crippen LogP contribution is -2.42. The molecule has 0 aromatic heterocycles. The van der Waals surface area contributed by atoms with Crippen LogP contribution in [0.1, 0.15) is 51.7 Å². The minimum atomic E-state index is -0.554. The minimum absolute atomic E-state index is 0.0177. The van der Waals surface area contributed by atoms with Crippen LogP contribution in [0, 0.1) is 14.9 Å². The quantitative estimate of drug-likeness (QED) is 0.177. The van der Waals surface area contributed by atoms with Crippen LogP contribution in [-0.4, -0.2) is 25.8 Å². The van der Waals surface area contributed by atoms with Gasteiger partial charge >= 0.3 is 0 Å². The van der Waals surface area contributed by atoms with Crippen molar-refractivity contribution in [3.63, 3.8) is 0 Å². The molecule has 0 aliphatic heterocycles. The number of carbonyl (C=O) groups is 2. The van der Waals surface area contributed by atoms with E-state index in [1.54, 1.807) is 12.0 Å². The van der Waals surface area contributed by atoms with Gasteiger partial charge in [-0.1, -0.05) is 82.6 Å². The predicted molar refractivity (Wildman–Crippen MR) is 162 cm³/mol. The van der Waals surface area contributed by atoms with Crippen molar-refractivity contribution >= 4 is 52.1 Å². The van der Waals surface area contributed by atoms with Crippen molar-refractivity contribution in [2.75, 3.05) is 18.6 Å². The summed E-state index contributed by atoms with van der Waals surface area (Å²) in [7, 11) is 1.60. The predicted octanol–water partition coefficient (Wildman–Crippen LogP) is 8.18. The molecule has 3 rings (SSSR count). The number of anilines is 1. The van der Waals surface area contributed by atoms with E-state index in [1.807, 2.05) is 81.4 Å². The third kappa shape index (κ3) is 7.14. The monoisotopic (exact) mass is 631 g/mol. The van der Waals surface area contributed by atoms with E-state index in [1.165, 1.54) is 0 Å². The lowest BCUT2D eigenvalue weighted by atomic mass is 9.90. The summed E-state index contributed by atoms with van der Waals surface area (Å²) in [6.45, 7) is 10.5. The minimum Gasteiger partial charge on any atom is -0.495 e. The Kier molecular flexibility index (Phi) is 9.81. The molecule has 4 nitrogen and oxygen atoms in total. The zero-order chi connectivity index (χ0) is 27.3. The second-order valence-electron chi connectivity index (χ2n) is 10.7. The van der Waals surface area contributed by atoms with Gasteiger partial charge in [-0.2, -0.15) is 0 Å². The van der Waals surface area contributed by atoms with E-state index in [2.05, 4.69) is 36.4 Å². The largest absolute Gasteiger partial charge is 0.495 e. The van der Waals surface area contributed by atoms with Gasteiger partial charge < -0.3 is 14.4 Å². The van der Waals surface area contributed by atoms with Crippen LogP contribution >= 0.6 is 34.2 Å². The molecule has 1 unspecified atom stereocenters. The highest BCUT2D eigenvalue weighted by atomic mass is 127. The number of carbonyl (C=O) groups excluding carboxylic acids is 2. The van der Waals surface area contributed by atoms with Gasteiger partial charge in [0.05, 0.1) is 12.8 Å². The van der Waals surface area contributed by atoms with Crippen molar-refractivity contribution in [2.24, 2.45) is 11.3 Å². The Morgan fingerprint density at radius 1 is 1.08 bits per heavy atom. The first-order chi connectivity index (χ1) is 17.5. The first-order valence-electron chi connectivity index (χ1n) is 12.4. The van der Waals surface area contributed by atoms with E-state index in [0.29, 0.717) is 29.4 Å². The number of hydrogen-bond acceptors (Lipinski definition) is 3. The van der Waals surface area contributed by atoms with E-state index in [9.17, 15) is 9.59 Å². The maximum atomic E-state index is 13.4. The molecule has 37 heavy (non-hydrogen) atoms. The summed E-state index contributed by atoms with van der Waals surface area (Å²) in [5.74, 6) is 0.539. The van der Waals surface area contributed by atoms with E-state index in [4.69, 9.17) is 16.3 Å². The zero-order valence-corrected chi connectivity index (χ0v) is 25.3. The highest BCUT2D eigenvalue weighted by Gasteiger charge is 2.31. The van der Waals surface area contributed by atoms with Crippen LogP contribution < -0.4 is 9.64 Å². The maximum absolute atomic E-state index is 13.4. The summed E-state index contributed by atoms with van der Waals surface area (Å²) in [6, 6.07) is 19.8. The average molecular weight is 632 g/mol. The van der Waals surface area contributed by atoms with Gasteiger partial charge in [-0.05, 0) is 75.9 Å². The normalized spacial score (nSPS) is 12.4. The Labute approximate surface area is 239 Å². The van der Waals surface area contributed by atoms with Crippen LogP contribution in [0.25, 0.3) is 11.1 Å². The molecule has 0 heterocycles. The van der Waals surface area contributed by atoms with Gasteiger partial charge in [0.1, 0.15) is 12.0 Å². The number of halogens is 2. The van der Waals surface area contributed by atoms with Crippen molar-refractivity contribution in [2.45, 2.75) is 47.0 Å². The Balaban J connectivity index is 1.94. The fourth-order valence-electron chi connectivity index (χ4n) is 4.29. The Bertz CT molecular complexity index is 1230. The van der Waals surface area contributed by atoms with Crippen LogP contribution in [-0.2, 0) is 16.0 Å². The van der Waals surface area contributed by atoms with Gasteiger partial charge in [0, 0.05) is 32.0 Å². The van der Waals surface area contributed by atoms with Crippen LogP contribution in [0.5, 0.6) is 5.75 Å².